The van der Waals surface area contributed by atoms with E-state index in [4.69, 9.17) is 5.11 Å². The first-order chi connectivity index (χ1) is 8.66. The maximum Gasteiger partial charge on any atom is 0.307 e. The number of nitrogens with one attached hydrogen (secondary N) is 1. The summed E-state index contributed by atoms with van der Waals surface area (Å²) in [5.74, 6) is -0.771. The van der Waals surface area contributed by atoms with Crippen LogP contribution in [0, 0.1) is 0 Å². The van der Waals surface area contributed by atoms with E-state index in [9.17, 15) is 4.79 Å². The van der Waals surface area contributed by atoms with Crippen molar-refractivity contribution in [2.75, 3.05) is 20.1 Å². The third-order valence-corrected chi connectivity index (χ3v) is 3.54. The highest BCUT2D eigenvalue weighted by Crippen LogP contribution is 2.15. The molecule has 1 atom stereocenters. The topological polar surface area (TPSA) is 52.6 Å². The van der Waals surface area contributed by atoms with Gasteiger partial charge in [0.1, 0.15) is 0 Å². The molecule has 1 aliphatic rings. The highest BCUT2D eigenvalue weighted by Gasteiger charge is 2.19. The molecule has 1 heterocycles. The number of rotatable bonds is 5. The van der Waals surface area contributed by atoms with Gasteiger partial charge in [-0.2, -0.15) is 0 Å². The Bertz CT molecular complexity index is 414. The number of aliphatic carboxylic acids is 1. The van der Waals surface area contributed by atoms with Gasteiger partial charge in [0, 0.05) is 19.1 Å². The highest BCUT2D eigenvalue weighted by molar-refractivity contribution is 5.70. The van der Waals surface area contributed by atoms with Crippen LogP contribution in [0.25, 0.3) is 0 Å². The zero-order chi connectivity index (χ0) is 13.0. The van der Waals surface area contributed by atoms with E-state index in [1.54, 1.807) is 0 Å². The van der Waals surface area contributed by atoms with E-state index in [2.05, 4.69) is 17.3 Å². The summed E-state index contributed by atoms with van der Waals surface area (Å²) in [5.41, 5.74) is 2.04. The number of hydrogen-bond acceptors (Lipinski definition) is 3. The third-order valence-electron chi connectivity index (χ3n) is 3.54. The van der Waals surface area contributed by atoms with E-state index in [1.807, 2.05) is 24.3 Å². The van der Waals surface area contributed by atoms with Gasteiger partial charge in [-0.1, -0.05) is 24.3 Å². The first-order valence-corrected chi connectivity index (χ1v) is 6.36. The lowest BCUT2D eigenvalue weighted by Gasteiger charge is -2.24. The van der Waals surface area contributed by atoms with E-state index in [1.165, 1.54) is 0 Å². The molecule has 0 spiro atoms. The summed E-state index contributed by atoms with van der Waals surface area (Å²) >= 11 is 0. The van der Waals surface area contributed by atoms with Crippen LogP contribution >= 0.6 is 0 Å². The molecule has 4 nitrogen and oxygen atoms in total. The molecule has 1 aromatic carbocycles. The number of nitrogens with zero attached hydrogens (tertiary/aromatic N) is 1. The fourth-order valence-corrected chi connectivity index (χ4v) is 2.46. The van der Waals surface area contributed by atoms with Crippen molar-refractivity contribution in [2.45, 2.75) is 25.4 Å². The zero-order valence-corrected chi connectivity index (χ0v) is 10.7. The molecular formula is C14H20N2O2. The molecule has 2 rings (SSSR count). The summed E-state index contributed by atoms with van der Waals surface area (Å²) in [6.45, 7) is 2.92. The lowest BCUT2D eigenvalue weighted by molar-refractivity contribution is -0.136. The van der Waals surface area contributed by atoms with E-state index in [0.29, 0.717) is 6.04 Å². The molecule has 0 amide bonds. The number of carboxylic acid groups (broad SMARTS) is 1. The van der Waals surface area contributed by atoms with Gasteiger partial charge in [-0.05, 0) is 31.1 Å². The van der Waals surface area contributed by atoms with Crippen molar-refractivity contribution in [1.82, 2.24) is 10.2 Å². The Morgan fingerprint density at radius 3 is 2.78 bits per heavy atom. The van der Waals surface area contributed by atoms with Crippen molar-refractivity contribution >= 4 is 5.97 Å². The average Bonchev–Trinajstić information content (AvgIpc) is 2.84. The van der Waals surface area contributed by atoms with Crippen LogP contribution in [-0.2, 0) is 17.8 Å². The summed E-state index contributed by atoms with van der Waals surface area (Å²) in [7, 11) is 2.11. The van der Waals surface area contributed by atoms with E-state index in [0.717, 1.165) is 37.2 Å². The first-order valence-electron chi connectivity index (χ1n) is 6.36. The molecule has 0 aromatic heterocycles. The minimum Gasteiger partial charge on any atom is -0.481 e. The van der Waals surface area contributed by atoms with Gasteiger partial charge in [-0.3, -0.25) is 9.69 Å². The second kappa shape index (κ2) is 5.98. The van der Waals surface area contributed by atoms with Crippen LogP contribution in [0.3, 0.4) is 0 Å². The fraction of sp³-hybridized carbons (Fsp3) is 0.500. The van der Waals surface area contributed by atoms with Crippen molar-refractivity contribution in [1.29, 1.82) is 0 Å². The van der Waals surface area contributed by atoms with Crippen LogP contribution in [0.5, 0.6) is 0 Å². The van der Waals surface area contributed by atoms with Gasteiger partial charge in [0.2, 0.25) is 0 Å². The quantitative estimate of drug-likeness (QED) is 0.819. The van der Waals surface area contributed by atoms with E-state index < -0.39 is 5.97 Å². The minimum atomic E-state index is -0.771. The Labute approximate surface area is 108 Å². The van der Waals surface area contributed by atoms with Gasteiger partial charge in [0.15, 0.2) is 0 Å². The van der Waals surface area contributed by atoms with Crippen LogP contribution in [0.2, 0.25) is 0 Å². The molecular weight excluding hydrogens is 228 g/mol. The van der Waals surface area contributed by atoms with Crippen molar-refractivity contribution in [2.24, 2.45) is 0 Å². The first kappa shape index (κ1) is 13.1. The predicted octanol–water partition coefficient (Wildman–Crippen LogP) is 1.11. The van der Waals surface area contributed by atoms with E-state index >= 15 is 0 Å². The molecule has 1 saturated heterocycles. The van der Waals surface area contributed by atoms with Crippen molar-refractivity contribution in [3.8, 4) is 0 Å². The molecule has 98 valence electrons. The molecule has 2 N–H and O–H groups in total. The van der Waals surface area contributed by atoms with Crippen LogP contribution in [0.4, 0.5) is 0 Å². The third kappa shape index (κ3) is 3.31. The molecule has 1 fully saturated rings. The standard InChI is InChI=1S/C14H20N2O2/c1-16(13-6-7-15-9-13)10-12-5-3-2-4-11(12)8-14(17)18/h2-5,13,15H,6-10H2,1H3,(H,17,18). The summed E-state index contributed by atoms with van der Waals surface area (Å²) in [6, 6.07) is 8.37. The lowest BCUT2D eigenvalue weighted by atomic mass is 10.0. The van der Waals surface area contributed by atoms with Gasteiger partial charge in [0.05, 0.1) is 6.42 Å². The largest absolute Gasteiger partial charge is 0.481 e. The van der Waals surface area contributed by atoms with Crippen molar-refractivity contribution in [3.63, 3.8) is 0 Å². The summed E-state index contributed by atoms with van der Waals surface area (Å²) < 4.78 is 0. The molecule has 1 aliphatic heterocycles. The van der Waals surface area contributed by atoms with Gasteiger partial charge in [0.25, 0.3) is 0 Å². The zero-order valence-electron chi connectivity index (χ0n) is 10.7. The SMILES string of the molecule is CN(Cc1ccccc1CC(=O)O)C1CCNC1. The number of carboxylic acids is 1. The Balaban J connectivity index is 2.05. The van der Waals surface area contributed by atoms with Crippen LogP contribution in [0.1, 0.15) is 17.5 Å². The summed E-state index contributed by atoms with van der Waals surface area (Å²) in [4.78, 5) is 13.1. The fourth-order valence-electron chi connectivity index (χ4n) is 2.46. The van der Waals surface area contributed by atoms with Crippen LogP contribution < -0.4 is 5.32 Å². The lowest BCUT2D eigenvalue weighted by Crippen LogP contribution is -2.33. The number of hydrogen-bond donors (Lipinski definition) is 2. The average molecular weight is 248 g/mol. The Morgan fingerprint density at radius 1 is 1.44 bits per heavy atom. The monoisotopic (exact) mass is 248 g/mol. The van der Waals surface area contributed by atoms with Crippen LogP contribution in [-0.4, -0.2) is 42.2 Å². The van der Waals surface area contributed by atoms with Gasteiger partial charge < -0.3 is 10.4 Å². The molecule has 1 unspecified atom stereocenters. The number of benzene rings is 1. The molecule has 0 aliphatic carbocycles. The molecule has 0 radical (unpaired) electrons. The number of likely N-dealkylation sites (N-methyl/N-ethyl adjacent to an activating group) is 1. The summed E-state index contributed by atoms with van der Waals surface area (Å²) in [5, 5.41) is 12.3. The highest BCUT2D eigenvalue weighted by atomic mass is 16.4. The minimum absolute atomic E-state index is 0.104. The maximum atomic E-state index is 10.8. The molecule has 1 aromatic rings. The van der Waals surface area contributed by atoms with Crippen LogP contribution in [0.15, 0.2) is 24.3 Å². The Morgan fingerprint density at radius 2 is 2.17 bits per heavy atom. The molecule has 0 bridgehead atoms. The Kier molecular flexibility index (Phi) is 4.33. The predicted molar refractivity (Wildman–Crippen MR) is 70.5 cm³/mol. The second-order valence-electron chi connectivity index (χ2n) is 4.90. The second-order valence-corrected chi connectivity index (χ2v) is 4.90. The van der Waals surface area contributed by atoms with E-state index in [-0.39, 0.29) is 6.42 Å². The normalized spacial score (nSPS) is 19.3. The van der Waals surface area contributed by atoms with Gasteiger partial charge in [-0.25, -0.2) is 0 Å². The van der Waals surface area contributed by atoms with Crippen molar-refractivity contribution < 1.29 is 9.90 Å². The van der Waals surface area contributed by atoms with Gasteiger partial charge >= 0.3 is 5.97 Å². The Hall–Kier alpha value is -1.39. The molecule has 18 heavy (non-hydrogen) atoms. The number of carbonyl (C=O) groups is 1. The van der Waals surface area contributed by atoms with Crippen molar-refractivity contribution in [3.05, 3.63) is 35.4 Å². The maximum absolute atomic E-state index is 10.8. The smallest absolute Gasteiger partial charge is 0.307 e. The molecule has 0 saturated carbocycles. The van der Waals surface area contributed by atoms with Gasteiger partial charge in [-0.15, -0.1) is 0 Å². The molecule has 4 heteroatoms. The summed E-state index contributed by atoms with van der Waals surface area (Å²) in [6.07, 6.45) is 1.27.